The van der Waals surface area contributed by atoms with Crippen LogP contribution in [-0.2, 0) is 4.79 Å². The van der Waals surface area contributed by atoms with Crippen LogP contribution in [0.5, 0.6) is 0 Å². The minimum absolute atomic E-state index is 0.0405. The van der Waals surface area contributed by atoms with Crippen LogP contribution in [0.25, 0.3) is 0 Å². The number of aliphatic hydroxyl groups excluding tert-OH is 2. The highest BCUT2D eigenvalue weighted by Crippen LogP contribution is 2.19. The van der Waals surface area contributed by atoms with Crippen molar-refractivity contribution in [3.63, 3.8) is 0 Å². The molecule has 0 saturated heterocycles. The van der Waals surface area contributed by atoms with Crippen LogP contribution in [0.4, 0.5) is 0 Å². The Balaban J connectivity index is 2.92. The normalized spacial score (nSPS) is 13.8. The molecule has 0 aliphatic rings. The van der Waals surface area contributed by atoms with E-state index in [4.69, 9.17) is 11.0 Å². The number of hydrogen-bond acceptors (Lipinski definition) is 5. The number of nitriles is 1. The number of nitrogens with zero attached hydrogens (tertiary/aromatic N) is 2. The van der Waals surface area contributed by atoms with E-state index in [0.717, 1.165) is 0 Å². The number of aromatic nitrogens is 1. The highest BCUT2D eigenvalue weighted by molar-refractivity contribution is 5.74. The fourth-order valence-corrected chi connectivity index (χ4v) is 1.25. The van der Waals surface area contributed by atoms with E-state index in [0.29, 0.717) is 0 Å². The maximum Gasteiger partial charge on any atom is 0.220 e. The second kappa shape index (κ2) is 5.21. The fraction of sp³-hybridized carbons (Fsp3) is 0.300. The number of carbonyl (C=O) groups excluding carboxylic acids is 1. The van der Waals surface area contributed by atoms with Crippen LogP contribution >= 0.6 is 0 Å². The Morgan fingerprint density at radius 3 is 2.88 bits per heavy atom. The zero-order chi connectivity index (χ0) is 12.1. The van der Waals surface area contributed by atoms with Crippen LogP contribution < -0.4 is 5.73 Å². The van der Waals surface area contributed by atoms with Gasteiger partial charge in [0.25, 0.3) is 0 Å². The van der Waals surface area contributed by atoms with Crippen LogP contribution in [0.2, 0.25) is 0 Å². The summed E-state index contributed by atoms with van der Waals surface area (Å²) in [5, 5.41) is 27.9. The van der Waals surface area contributed by atoms with Gasteiger partial charge in [-0.05, 0) is 12.1 Å². The van der Waals surface area contributed by atoms with Crippen LogP contribution in [-0.4, -0.2) is 27.2 Å². The van der Waals surface area contributed by atoms with Gasteiger partial charge >= 0.3 is 0 Å². The first-order valence-corrected chi connectivity index (χ1v) is 4.55. The molecule has 6 nitrogen and oxygen atoms in total. The molecule has 0 spiro atoms. The Bertz CT molecular complexity index is 428. The summed E-state index contributed by atoms with van der Waals surface area (Å²) in [5.74, 6) is -0.735. The lowest BCUT2D eigenvalue weighted by molar-refractivity contribution is -0.121. The lowest BCUT2D eigenvalue weighted by atomic mass is 10.0. The first kappa shape index (κ1) is 12.1. The summed E-state index contributed by atoms with van der Waals surface area (Å²) in [6.45, 7) is 0. The Morgan fingerprint density at radius 1 is 1.62 bits per heavy atom. The molecule has 1 heterocycles. The van der Waals surface area contributed by atoms with Crippen LogP contribution in [0.3, 0.4) is 0 Å². The average molecular weight is 221 g/mol. The van der Waals surface area contributed by atoms with Gasteiger partial charge in [-0.2, -0.15) is 5.26 Å². The van der Waals surface area contributed by atoms with E-state index in [1.807, 2.05) is 6.07 Å². The van der Waals surface area contributed by atoms with Gasteiger partial charge in [-0.3, -0.25) is 9.78 Å². The zero-order valence-electron chi connectivity index (χ0n) is 8.37. The summed E-state index contributed by atoms with van der Waals surface area (Å²) in [4.78, 5) is 14.4. The predicted octanol–water partition coefficient (Wildman–Crippen LogP) is -0.777. The number of pyridine rings is 1. The van der Waals surface area contributed by atoms with Gasteiger partial charge in [-0.25, -0.2) is 0 Å². The number of aliphatic hydroxyl groups is 2. The molecule has 0 radical (unpaired) electrons. The van der Waals surface area contributed by atoms with Gasteiger partial charge in [0, 0.05) is 6.20 Å². The average Bonchev–Trinajstić information content (AvgIpc) is 2.27. The minimum atomic E-state index is -1.40. The van der Waals surface area contributed by atoms with Gasteiger partial charge in [-0.1, -0.05) is 0 Å². The minimum Gasteiger partial charge on any atom is -0.389 e. The summed E-state index contributed by atoms with van der Waals surface area (Å²) in [5.41, 5.74) is 5.08. The van der Waals surface area contributed by atoms with Crippen molar-refractivity contribution in [2.75, 3.05) is 0 Å². The Hall–Kier alpha value is -1.97. The molecule has 1 amide bonds. The molecule has 4 N–H and O–H groups in total. The monoisotopic (exact) mass is 221 g/mol. The van der Waals surface area contributed by atoms with Gasteiger partial charge in [0.1, 0.15) is 12.2 Å². The molecule has 0 aromatic carbocycles. The number of carbonyl (C=O) groups is 1. The third kappa shape index (κ3) is 2.76. The van der Waals surface area contributed by atoms with Gasteiger partial charge < -0.3 is 15.9 Å². The van der Waals surface area contributed by atoms with Crippen molar-refractivity contribution in [1.82, 2.24) is 4.98 Å². The number of nitrogens with two attached hydrogens (primary N) is 1. The fourth-order valence-electron chi connectivity index (χ4n) is 1.25. The molecule has 0 fully saturated rings. The molecule has 2 atom stereocenters. The number of hydrogen-bond donors (Lipinski definition) is 3. The molecule has 1 aromatic rings. The molecule has 0 aliphatic heterocycles. The van der Waals surface area contributed by atoms with Gasteiger partial charge in [0.2, 0.25) is 5.91 Å². The van der Waals surface area contributed by atoms with E-state index in [9.17, 15) is 15.0 Å². The van der Waals surface area contributed by atoms with Crippen molar-refractivity contribution in [3.8, 4) is 6.07 Å². The zero-order valence-corrected chi connectivity index (χ0v) is 8.37. The molecule has 0 aliphatic carbocycles. The maximum absolute atomic E-state index is 10.6. The molecule has 0 bridgehead atoms. The molecule has 1 rings (SSSR count). The van der Waals surface area contributed by atoms with Crippen molar-refractivity contribution in [3.05, 3.63) is 29.6 Å². The molecule has 16 heavy (non-hydrogen) atoms. The SMILES string of the molecule is N#Cc1cccnc1C(O)C(O)CC(N)=O. The molecule has 1 aromatic heterocycles. The second-order valence-electron chi connectivity index (χ2n) is 3.23. The van der Waals surface area contributed by atoms with E-state index in [2.05, 4.69) is 4.98 Å². The molecule has 0 saturated carbocycles. The van der Waals surface area contributed by atoms with E-state index < -0.39 is 18.1 Å². The Morgan fingerprint density at radius 2 is 2.31 bits per heavy atom. The molecule has 84 valence electrons. The van der Waals surface area contributed by atoms with Crippen molar-refractivity contribution >= 4 is 5.91 Å². The summed E-state index contributed by atoms with van der Waals surface area (Å²) >= 11 is 0. The number of primary amides is 1. The first-order valence-electron chi connectivity index (χ1n) is 4.55. The summed E-state index contributed by atoms with van der Waals surface area (Å²) in [6.07, 6.45) is -1.76. The van der Waals surface area contributed by atoms with E-state index >= 15 is 0 Å². The van der Waals surface area contributed by atoms with Crippen molar-refractivity contribution in [1.29, 1.82) is 5.26 Å². The quantitative estimate of drug-likeness (QED) is 0.616. The smallest absolute Gasteiger partial charge is 0.220 e. The lowest BCUT2D eigenvalue weighted by Gasteiger charge is -2.16. The third-order valence-corrected chi connectivity index (χ3v) is 2.01. The topological polar surface area (TPSA) is 120 Å². The predicted molar refractivity (Wildman–Crippen MR) is 53.7 cm³/mol. The first-order chi connectivity index (χ1) is 7.56. The van der Waals surface area contributed by atoms with Crippen LogP contribution in [0, 0.1) is 11.3 Å². The maximum atomic E-state index is 10.6. The molecule has 2 unspecified atom stereocenters. The van der Waals surface area contributed by atoms with Crippen LogP contribution in [0.15, 0.2) is 18.3 Å². The summed E-state index contributed by atoms with van der Waals surface area (Å²) < 4.78 is 0. The molecular weight excluding hydrogens is 210 g/mol. The van der Waals surface area contributed by atoms with Gasteiger partial charge in [-0.15, -0.1) is 0 Å². The van der Waals surface area contributed by atoms with Crippen LogP contribution in [0.1, 0.15) is 23.8 Å². The largest absolute Gasteiger partial charge is 0.389 e. The lowest BCUT2D eigenvalue weighted by Crippen LogP contribution is -2.26. The highest BCUT2D eigenvalue weighted by Gasteiger charge is 2.23. The number of rotatable bonds is 4. The summed E-state index contributed by atoms with van der Waals surface area (Å²) in [6, 6.07) is 4.83. The van der Waals surface area contributed by atoms with E-state index in [1.165, 1.54) is 18.3 Å². The van der Waals surface area contributed by atoms with Crippen molar-refractivity contribution in [2.45, 2.75) is 18.6 Å². The molecular formula is C10H11N3O3. The second-order valence-corrected chi connectivity index (χ2v) is 3.23. The third-order valence-electron chi connectivity index (χ3n) is 2.01. The Kier molecular flexibility index (Phi) is 3.94. The van der Waals surface area contributed by atoms with Gasteiger partial charge in [0.15, 0.2) is 0 Å². The van der Waals surface area contributed by atoms with Gasteiger partial charge in [0.05, 0.1) is 23.8 Å². The molecule has 6 heteroatoms. The number of amides is 1. The van der Waals surface area contributed by atoms with Crippen molar-refractivity contribution in [2.24, 2.45) is 5.73 Å². The Labute approximate surface area is 92.0 Å². The highest BCUT2D eigenvalue weighted by atomic mass is 16.3. The summed E-state index contributed by atoms with van der Waals surface area (Å²) in [7, 11) is 0. The standard InChI is InChI=1S/C10H11N3O3/c11-5-6-2-1-3-13-9(6)10(16)7(14)4-8(12)15/h1-3,7,10,14,16H,4H2,(H2,12,15). The van der Waals surface area contributed by atoms with Crippen molar-refractivity contribution < 1.29 is 15.0 Å². The van der Waals surface area contributed by atoms with E-state index in [1.54, 1.807) is 0 Å². The van der Waals surface area contributed by atoms with E-state index in [-0.39, 0.29) is 17.7 Å².